The zero-order valence-electron chi connectivity index (χ0n) is 14.4. The third-order valence-electron chi connectivity index (χ3n) is 4.44. The highest BCUT2D eigenvalue weighted by molar-refractivity contribution is 5.36. The van der Waals surface area contributed by atoms with Gasteiger partial charge in [0.2, 0.25) is 0 Å². The number of aliphatic hydroxyl groups is 1. The molecule has 1 unspecified atom stereocenters. The topological polar surface area (TPSA) is 20.2 Å². The maximum absolute atomic E-state index is 8.88. The van der Waals surface area contributed by atoms with E-state index in [4.69, 9.17) is 5.11 Å². The first-order valence-corrected chi connectivity index (χ1v) is 8.21. The Morgan fingerprint density at radius 1 is 1.38 bits per heavy atom. The van der Waals surface area contributed by atoms with E-state index in [1.807, 2.05) is 0 Å². The standard InChI is InChI=1S/C20H32O/c1-16(8-6-9-17(2)13-15-21)11-12-19-18(3)10-7-14-20(19,4)5/h6,8-9,11-12,17,21H,7,10,13-15H2,1-5H3. The van der Waals surface area contributed by atoms with E-state index in [1.165, 1.54) is 30.4 Å². The molecule has 1 atom stereocenters. The van der Waals surface area contributed by atoms with E-state index in [1.54, 1.807) is 5.57 Å². The first-order chi connectivity index (χ1) is 9.86. The van der Waals surface area contributed by atoms with Gasteiger partial charge in [-0.15, -0.1) is 0 Å². The van der Waals surface area contributed by atoms with E-state index in [2.05, 4.69) is 65.0 Å². The lowest BCUT2D eigenvalue weighted by Gasteiger charge is -2.32. The fourth-order valence-corrected chi connectivity index (χ4v) is 2.98. The van der Waals surface area contributed by atoms with Crippen molar-refractivity contribution in [2.75, 3.05) is 6.61 Å². The summed E-state index contributed by atoms with van der Waals surface area (Å²) in [6.45, 7) is 11.5. The molecule has 0 saturated carbocycles. The van der Waals surface area contributed by atoms with E-state index >= 15 is 0 Å². The van der Waals surface area contributed by atoms with Crippen LogP contribution < -0.4 is 0 Å². The number of hydrogen-bond donors (Lipinski definition) is 1. The molecule has 0 bridgehead atoms. The van der Waals surface area contributed by atoms with E-state index in [0.717, 1.165) is 6.42 Å². The predicted octanol–water partition coefficient (Wildman–Crippen LogP) is 5.59. The van der Waals surface area contributed by atoms with Gasteiger partial charge in [-0.3, -0.25) is 0 Å². The molecule has 0 heterocycles. The molecule has 118 valence electrons. The van der Waals surface area contributed by atoms with Gasteiger partial charge in [0.15, 0.2) is 0 Å². The maximum atomic E-state index is 8.88. The van der Waals surface area contributed by atoms with Gasteiger partial charge in [-0.1, -0.05) is 62.3 Å². The van der Waals surface area contributed by atoms with Crippen molar-refractivity contribution >= 4 is 0 Å². The minimum Gasteiger partial charge on any atom is -0.396 e. The van der Waals surface area contributed by atoms with Gasteiger partial charge in [-0.05, 0) is 56.4 Å². The van der Waals surface area contributed by atoms with Crippen LogP contribution in [0.15, 0.2) is 47.1 Å². The molecule has 0 aromatic heterocycles. The summed E-state index contributed by atoms with van der Waals surface area (Å²) in [5.41, 5.74) is 4.63. The molecule has 1 aliphatic carbocycles. The summed E-state index contributed by atoms with van der Waals surface area (Å²) in [6.07, 6.45) is 15.6. The maximum Gasteiger partial charge on any atom is 0.0436 e. The predicted molar refractivity (Wildman–Crippen MR) is 93.2 cm³/mol. The molecule has 21 heavy (non-hydrogen) atoms. The summed E-state index contributed by atoms with van der Waals surface area (Å²) >= 11 is 0. The van der Waals surface area contributed by atoms with Crippen LogP contribution in [0.3, 0.4) is 0 Å². The van der Waals surface area contributed by atoms with Gasteiger partial charge in [0.1, 0.15) is 0 Å². The highest BCUT2D eigenvalue weighted by Crippen LogP contribution is 2.40. The fourth-order valence-electron chi connectivity index (χ4n) is 2.98. The Morgan fingerprint density at radius 3 is 2.71 bits per heavy atom. The molecular weight excluding hydrogens is 256 g/mol. The normalized spacial score (nSPS) is 21.5. The molecule has 1 rings (SSSR count). The Labute approximate surface area is 131 Å². The average molecular weight is 288 g/mol. The SMILES string of the molecule is CC(C=CC1=C(C)CCCC1(C)C)=CC=CC(C)CCO. The molecule has 0 radical (unpaired) electrons. The fraction of sp³-hybridized carbons (Fsp3) is 0.600. The Hall–Kier alpha value is -1.08. The lowest BCUT2D eigenvalue weighted by atomic mass is 9.72. The molecule has 1 N–H and O–H groups in total. The third kappa shape index (κ3) is 6.05. The van der Waals surface area contributed by atoms with E-state index in [9.17, 15) is 0 Å². The lowest BCUT2D eigenvalue weighted by Crippen LogP contribution is -2.19. The van der Waals surface area contributed by atoms with Crippen molar-refractivity contribution in [2.24, 2.45) is 11.3 Å². The summed E-state index contributed by atoms with van der Waals surface area (Å²) in [5.74, 6) is 0.435. The molecule has 1 nitrogen and oxygen atoms in total. The zero-order valence-corrected chi connectivity index (χ0v) is 14.4. The molecule has 0 aromatic carbocycles. The van der Waals surface area contributed by atoms with Gasteiger partial charge in [-0.25, -0.2) is 0 Å². The number of hydrogen-bond acceptors (Lipinski definition) is 1. The largest absolute Gasteiger partial charge is 0.396 e. The van der Waals surface area contributed by atoms with Gasteiger partial charge in [0.25, 0.3) is 0 Å². The first kappa shape index (κ1) is 18.0. The van der Waals surface area contributed by atoms with Crippen LogP contribution >= 0.6 is 0 Å². The Morgan fingerprint density at radius 2 is 2.10 bits per heavy atom. The van der Waals surface area contributed by atoms with Gasteiger partial charge < -0.3 is 5.11 Å². The lowest BCUT2D eigenvalue weighted by molar-refractivity contribution is 0.274. The van der Waals surface area contributed by atoms with Crippen LogP contribution in [0.25, 0.3) is 0 Å². The Balaban J connectivity index is 2.71. The highest BCUT2D eigenvalue weighted by atomic mass is 16.3. The van der Waals surface area contributed by atoms with E-state index in [0.29, 0.717) is 11.3 Å². The van der Waals surface area contributed by atoms with E-state index < -0.39 is 0 Å². The molecule has 0 saturated heterocycles. The number of rotatable bonds is 6. The quantitative estimate of drug-likeness (QED) is 0.632. The van der Waals surface area contributed by atoms with Crippen molar-refractivity contribution in [2.45, 2.75) is 60.3 Å². The van der Waals surface area contributed by atoms with Crippen LogP contribution in [0.1, 0.15) is 60.3 Å². The smallest absolute Gasteiger partial charge is 0.0436 e. The first-order valence-electron chi connectivity index (χ1n) is 8.21. The minimum absolute atomic E-state index is 0.261. The number of aliphatic hydroxyl groups excluding tert-OH is 1. The molecular formula is C20H32O. The summed E-state index contributed by atoms with van der Waals surface area (Å²) in [4.78, 5) is 0. The van der Waals surface area contributed by atoms with Crippen LogP contribution in [0.2, 0.25) is 0 Å². The molecule has 1 heteroatoms. The van der Waals surface area contributed by atoms with Crippen LogP contribution in [-0.2, 0) is 0 Å². The summed E-state index contributed by atoms with van der Waals surface area (Å²) in [7, 11) is 0. The molecule has 0 aromatic rings. The van der Waals surface area contributed by atoms with Gasteiger partial charge >= 0.3 is 0 Å². The van der Waals surface area contributed by atoms with Crippen LogP contribution in [0.5, 0.6) is 0 Å². The third-order valence-corrected chi connectivity index (χ3v) is 4.44. The number of allylic oxidation sites excluding steroid dienone is 8. The van der Waals surface area contributed by atoms with Gasteiger partial charge in [0.05, 0.1) is 0 Å². The molecule has 0 spiro atoms. The van der Waals surface area contributed by atoms with Crippen LogP contribution in [0.4, 0.5) is 0 Å². The molecule has 0 aliphatic heterocycles. The Bertz CT molecular complexity index is 446. The van der Waals surface area contributed by atoms with Crippen molar-refractivity contribution in [1.29, 1.82) is 0 Å². The monoisotopic (exact) mass is 288 g/mol. The summed E-state index contributed by atoms with van der Waals surface area (Å²) in [6, 6.07) is 0. The average Bonchev–Trinajstić information content (AvgIpc) is 2.37. The van der Waals surface area contributed by atoms with E-state index in [-0.39, 0.29) is 6.61 Å². The molecule has 0 fully saturated rings. The second-order valence-electron chi connectivity index (χ2n) is 7.05. The summed E-state index contributed by atoms with van der Waals surface area (Å²) in [5, 5.41) is 8.88. The zero-order chi connectivity index (χ0) is 15.9. The molecule has 0 amide bonds. The van der Waals surface area contributed by atoms with Crippen molar-refractivity contribution in [3.8, 4) is 0 Å². The van der Waals surface area contributed by atoms with Crippen molar-refractivity contribution in [1.82, 2.24) is 0 Å². The van der Waals surface area contributed by atoms with Crippen molar-refractivity contribution in [3.05, 3.63) is 47.1 Å². The van der Waals surface area contributed by atoms with Gasteiger partial charge in [-0.2, -0.15) is 0 Å². The second-order valence-corrected chi connectivity index (χ2v) is 7.05. The second kappa shape index (κ2) is 8.38. The minimum atomic E-state index is 0.261. The molecule has 1 aliphatic rings. The highest BCUT2D eigenvalue weighted by Gasteiger charge is 2.26. The summed E-state index contributed by atoms with van der Waals surface area (Å²) < 4.78 is 0. The van der Waals surface area contributed by atoms with Gasteiger partial charge in [0, 0.05) is 6.61 Å². The Kier molecular flexibility index (Phi) is 7.17. The van der Waals surface area contributed by atoms with Crippen LogP contribution in [0, 0.1) is 11.3 Å². The van der Waals surface area contributed by atoms with Crippen LogP contribution in [-0.4, -0.2) is 11.7 Å². The van der Waals surface area contributed by atoms with Crippen molar-refractivity contribution < 1.29 is 5.11 Å². The van der Waals surface area contributed by atoms with Crippen molar-refractivity contribution in [3.63, 3.8) is 0 Å².